The molecule has 0 aliphatic rings. The van der Waals surface area contributed by atoms with E-state index in [1.165, 1.54) is 41.4 Å². The largest absolute Gasteiger partial charge is 0.350 e. The van der Waals surface area contributed by atoms with Crippen LogP contribution in [0.25, 0.3) is 0 Å². The number of carbonyl (C=O) groups excluding carboxylic acids is 1. The first-order valence-electron chi connectivity index (χ1n) is 6.13. The molecule has 0 bridgehead atoms. The van der Waals surface area contributed by atoms with Crippen LogP contribution in [0.15, 0.2) is 41.6 Å². The molecule has 6 heteroatoms. The van der Waals surface area contributed by atoms with Crippen molar-refractivity contribution in [3.63, 3.8) is 0 Å². The summed E-state index contributed by atoms with van der Waals surface area (Å²) in [6.07, 6.45) is 2.93. The second-order valence-corrected chi connectivity index (χ2v) is 4.34. The van der Waals surface area contributed by atoms with Crippen LogP contribution in [-0.4, -0.2) is 22.0 Å². The molecule has 0 atom stereocenters. The molecule has 0 saturated carbocycles. The molecule has 1 heterocycles. The van der Waals surface area contributed by atoms with Crippen LogP contribution >= 0.6 is 0 Å². The van der Waals surface area contributed by atoms with Gasteiger partial charge in [0, 0.05) is 30.4 Å². The molecule has 1 amide bonds. The maximum absolute atomic E-state index is 12.7. The Morgan fingerprint density at radius 2 is 2.05 bits per heavy atom. The van der Waals surface area contributed by atoms with Crippen LogP contribution in [-0.2, 0) is 6.54 Å². The van der Waals surface area contributed by atoms with Gasteiger partial charge in [-0.3, -0.25) is 14.2 Å². The number of halogens is 1. The highest BCUT2D eigenvalue weighted by Gasteiger charge is 2.05. The monoisotopic (exact) mass is 275 g/mol. The SMILES string of the molecule is Cc1cncn(CCNC(=O)c2ccc(F)cc2)c1=O. The zero-order valence-corrected chi connectivity index (χ0v) is 11.0. The zero-order chi connectivity index (χ0) is 14.5. The van der Waals surface area contributed by atoms with Gasteiger partial charge in [-0.05, 0) is 31.2 Å². The molecule has 1 aromatic heterocycles. The van der Waals surface area contributed by atoms with Crippen molar-refractivity contribution in [2.24, 2.45) is 0 Å². The molecule has 0 aliphatic carbocycles. The van der Waals surface area contributed by atoms with E-state index < -0.39 is 0 Å². The molecule has 0 spiro atoms. The lowest BCUT2D eigenvalue weighted by atomic mass is 10.2. The van der Waals surface area contributed by atoms with Crippen molar-refractivity contribution in [3.05, 3.63) is 64.1 Å². The Bertz CT molecular complexity index is 665. The second-order valence-electron chi connectivity index (χ2n) is 4.34. The van der Waals surface area contributed by atoms with Crippen LogP contribution < -0.4 is 10.9 Å². The summed E-state index contributed by atoms with van der Waals surface area (Å²) in [6, 6.07) is 5.27. The summed E-state index contributed by atoms with van der Waals surface area (Å²) in [6.45, 7) is 2.31. The summed E-state index contributed by atoms with van der Waals surface area (Å²) in [5.74, 6) is -0.697. The summed E-state index contributed by atoms with van der Waals surface area (Å²) >= 11 is 0. The van der Waals surface area contributed by atoms with E-state index in [1.807, 2.05) is 0 Å². The number of nitrogens with one attached hydrogen (secondary N) is 1. The van der Waals surface area contributed by atoms with Gasteiger partial charge in [-0.25, -0.2) is 9.37 Å². The molecule has 0 radical (unpaired) electrons. The molecule has 0 unspecified atom stereocenters. The van der Waals surface area contributed by atoms with E-state index in [2.05, 4.69) is 10.3 Å². The first-order chi connectivity index (χ1) is 9.58. The fourth-order valence-corrected chi connectivity index (χ4v) is 1.71. The van der Waals surface area contributed by atoms with Gasteiger partial charge < -0.3 is 5.32 Å². The van der Waals surface area contributed by atoms with Crippen LogP contribution in [0, 0.1) is 12.7 Å². The highest BCUT2D eigenvalue weighted by molar-refractivity contribution is 5.94. The maximum Gasteiger partial charge on any atom is 0.256 e. The fraction of sp³-hybridized carbons (Fsp3) is 0.214. The molecule has 2 aromatic rings. The number of benzene rings is 1. The van der Waals surface area contributed by atoms with Crippen LogP contribution in [0.2, 0.25) is 0 Å². The number of amides is 1. The molecule has 2 rings (SSSR count). The highest BCUT2D eigenvalue weighted by Crippen LogP contribution is 2.02. The lowest BCUT2D eigenvalue weighted by molar-refractivity contribution is 0.0952. The van der Waals surface area contributed by atoms with Gasteiger partial charge in [0.1, 0.15) is 5.82 Å². The van der Waals surface area contributed by atoms with Gasteiger partial charge in [0.2, 0.25) is 0 Å². The highest BCUT2D eigenvalue weighted by atomic mass is 19.1. The van der Waals surface area contributed by atoms with Gasteiger partial charge in [-0.2, -0.15) is 0 Å². The van der Waals surface area contributed by atoms with Crippen LogP contribution in [0.5, 0.6) is 0 Å². The third-order valence-electron chi connectivity index (χ3n) is 2.82. The number of aryl methyl sites for hydroxylation is 1. The van der Waals surface area contributed by atoms with Crippen LogP contribution in [0.3, 0.4) is 0 Å². The number of hydrogen-bond donors (Lipinski definition) is 1. The molecule has 1 aromatic carbocycles. The first-order valence-corrected chi connectivity index (χ1v) is 6.13. The number of rotatable bonds is 4. The second kappa shape index (κ2) is 6.10. The molecular formula is C14H14FN3O2. The third kappa shape index (κ3) is 3.28. The van der Waals surface area contributed by atoms with Crippen LogP contribution in [0.1, 0.15) is 15.9 Å². The Morgan fingerprint density at radius 1 is 1.35 bits per heavy atom. The predicted molar refractivity (Wildman–Crippen MR) is 72.0 cm³/mol. The minimum Gasteiger partial charge on any atom is -0.350 e. The first kappa shape index (κ1) is 13.9. The minimum absolute atomic E-state index is 0.129. The van der Waals surface area contributed by atoms with E-state index in [9.17, 15) is 14.0 Å². The Morgan fingerprint density at radius 3 is 2.75 bits per heavy atom. The molecular weight excluding hydrogens is 261 g/mol. The minimum atomic E-state index is -0.390. The number of aromatic nitrogens is 2. The maximum atomic E-state index is 12.7. The Hall–Kier alpha value is -2.50. The van der Waals surface area contributed by atoms with E-state index in [0.717, 1.165) is 0 Å². The van der Waals surface area contributed by atoms with Gasteiger partial charge in [-0.1, -0.05) is 0 Å². The number of carbonyl (C=O) groups is 1. The summed E-state index contributed by atoms with van der Waals surface area (Å²) < 4.78 is 14.2. The number of hydrogen-bond acceptors (Lipinski definition) is 3. The van der Waals surface area contributed by atoms with E-state index in [4.69, 9.17) is 0 Å². The summed E-state index contributed by atoms with van der Waals surface area (Å²) in [5.41, 5.74) is 0.800. The summed E-state index contributed by atoms with van der Waals surface area (Å²) in [7, 11) is 0. The molecule has 0 fully saturated rings. The van der Waals surface area contributed by atoms with Crippen molar-refractivity contribution in [2.75, 3.05) is 6.54 Å². The van der Waals surface area contributed by atoms with Crippen molar-refractivity contribution in [1.82, 2.24) is 14.9 Å². The van der Waals surface area contributed by atoms with E-state index in [1.54, 1.807) is 6.92 Å². The number of nitrogens with zero attached hydrogens (tertiary/aromatic N) is 2. The lowest BCUT2D eigenvalue weighted by Gasteiger charge is -2.07. The predicted octanol–water partition coefficient (Wildman–Crippen LogP) is 1.12. The van der Waals surface area contributed by atoms with Gasteiger partial charge in [-0.15, -0.1) is 0 Å². The van der Waals surface area contributed by atoms with Gasteiger partial charge in [0.15, 0.2) is 0 Å². The molecule has 0 saturated heterocycles. The smallest absolute Gasteiger partial charge is 0.256 e. The molecule has 20 heavy (non-hydrogen) atoms. The fourth-order valence-electron chi connectivity index (χ4n) is 1.71. The zero-order valence-electron chi connectivity index (χ0n) is 11.0. The normalized spacial score (nSPS) is 10.3. The average molecular weight is 275 g/mol. The molecule has 104 valence electrons. The molecule has 1 N–H and O–H groups in total. The Kier molecular flexibility index (Phi) is 4.24. The van der Waals surface area contributed by atoms with Gasteiger partial charge in [0.25, 0.3) is 11.5 Å². The Balaban J connectivity index is 1.93. The Labute approximate surface area is 115 Å². The summed E-state index contributed by atoms with van der Waals surface area (Å²) in [5, 5.41) is 2.66. The average Bonchev–Trinajstić information content (AvgIpc) is 2.44. The topological polar surface area (TPSA) is 64.0 Å². The molecule has 0 aliphatic heterocycles. The standard InChI is InChI=1S/C14H14FN3O2/c1-10-8-16-9-18(14(10)20)7-6-17-13(19)11-2-4-12(15)5-3-11/h2-5,8-9H,6-7H2,1H3,(H,17,19). The van der Waals surface area contributed by atoms with Crippen molar-refractivity contribution in [2.45, 2.75) is 13.5 Å². The van der Waals surface area contributed by atoms with E-state index in [0.29, 0.717) is 24.2 Å². The third-order valence-corrected chi connectivity index (χ3v) is 2.82. The molecule has 5 nitrogen and oxygen atoms in total. The van der Waals surface area contributed by atoms with E-state index >= 15 is 0 Å². The summed E-state index contributed by atoms with van der Waals surface area (Å²) in [4.78, 5) is 27.4. The van der Waals surface area contributed by atoms with Crippen molar-refractivity contribution < 1.29 is 9.18 Å². The van der Waals surface area contributed by atoms with Crippen molar-refractivity contribution in [3.8, 4) is 0 Å². The van der Waals surface area contributed by atoms with Gasteiger partial charge >= 0.3 is 0 Å². The van der Waals surface area contributed by atoms with Gasteiger partial charge in [0.05, 0.1) is 6.33 Å². The van der Waals surface area contributed by atoms with E-state index in [-0.39, 0.29) is 17.3 Å². The van der Waals surface area contributed by atoms with Crippen molar-refractivity contribution >= 4 is 5.91 Å². The van der Waals surface area contributed by atoms with Crippen molar-refractivity contribution in [1.29, 1.82) is 0 Å². The van der Waals surface area contributed by atoms with Crippen LogP contribution in [0.4, 0.5) is 4.39 Å². The lowest BCUT2D eigenvalue weighted by Crippen LogP contribution is -2.31. The quantitative estimate of drug-likeness (QED) is 0.909.